The fourth-order valence-corrected chi connectivity index (χ4v) is 6.44. The molecule has 9 nitrogen and oxygen atoms in total. The van der Waals surface area contributed by atoms with Crippen LogP contribution in [0.1, 0.15) is 73.8 Å². The second-order valence-corrected chi connectivity index (χ2v) is 11.4. The summed E-state index contributed by atoms with van der Waals surface area (Å²) in [6.07, 6.45) is 11.7. The Hall–Kier alpha value is -3.20. The van der Waals surface area contributed by atoms with Crippen LogP contribution in [0.4, 0.5) is 5.69 Å². The Balaban J connectivity index is 1.15. The lowest BCUT2D eigenvalue weighted by Gasteiger charge is -2.44. The highest BCUT2D eigenvalue weighted by Gasteiger charge is 2.32. The number of hydrogen-bond acceptors (Lipinski definition) is 5. The summed E-state index contributed by atoms with van der Waals surface area (Å²) in [4.78, 5) is 43.8. The SMILES string of the molecule is Cn1nccc1C(=O)N[C@H](C(=O)Nc1ccc(CCC(=O)N2CCN3CCCC[C@H]3C2)cc1)C1CCCCC1. The Morgan fingerprint density at radius 3 is 2.46 bits per heavy atom. The number of nitrogens with one attached hydrogen (secondary N) is 2. The number of piperazine rings is 1. The average Bonchev–Trinajstić information content (AvgIpc) is 3.41. The number of aromatic nitrogens is 2. The van der Waals surface area contributed by atoms with Crippen molar-refractivity contribution in [2.24, 2.45) is 13.0 Å². The first-order valence-corrected chi connectivity index (χ1v) is 14.7. The molecule has 1 saturated carbocycles. The summed E-state index contributed by atoms with van der Waals surface area (Å²) >= 11 is 0. The van der Waals surface area contributed by atoms with E-state index in [-0.39, 0.29) is 23.6 Å². The molecule has 0 spiro atoms. The lowest BCUT2D eigenvalue weighted by atomic mass is 9.83. The maximum atomic E-state index is 13.4. The van der Waals surface area contributed by atoms with Gasteiger partial charge in [0.05, 0.1) is 0 Å². The molecule has 2 aromatic rings. The maximum absolute atomic E-state index is 13.4. The first-order chi connectivity index (χ1) is 19.0. The van der Waals surface area contributed by atoms with Crippen LogP contribution in [-0.2, 0) is 23.1 Å². The van der Waals surface area contributed by atoms with Gasteiger partial charge in [0.1, 0.15) is 11.7 Å². The molecule has 0 unspecified atom stereocenters. The van der Waals surface area contributed by atoms with Gasteiger partial charge in [0.25, 0.3) is 5.91 Å². The molecule has 3 amide bonds. The topological polar surface area (TPSA) is 99.6 Å². The Bertz CT molecular complexity index is 1140. The summed E-state index contributed by atoms with van der Waals surface area (Å²) in [5.41, 5.74) is 2.20. The summed E-state index contributed by atoms with van der Waals surface area (Å²) in [7, 11) is 1.72. The zero-order chi connectivity index (χ0) is 27.2. The molecule has 2 aliphatic heterocycles. The first kappa shape index (κ1) is 27.4. The number of amides is 3. The van der Waals surface area contributed by atoms with Crippen molar-refractivity contribution in [3.63, 3.8) is 0 Å². The zero-order valence-corrected chi connectivity index (χ0v) is 23.1. The Morgan fingerprint density at radius 2 is 1.72 bits per heavy atom. The molecule has 0 radical (unpaired) electrons. The van der Waals surface area contributed by atoms with E-state index < -0.39 is 6.04 Å². The fourth-order valence-electron chi connectivity index (χ4n) is 6.44. The molecular weight excluding hydrogens is 492 g/mol. The molecule has 9 heteroatoms. The normalized spacial score (nSPS) is 21.2. The summed E-state index contributed by atoms with van der Waals surface area (Å²) < 4.78 is 1.52. The minimum Gasteiger partial charge on any atom is -0.340 e. The number of nitrogens with zero attached hydrogens (tertiary/aromatic N) is 4. The molecule has 2 N–H and O–H groups in total. The van der Waals surface area contributed by atoms with Gasteiger partial charge in [0.2, 0.25) is 11.8 Å². The molecule has 1 aromatic carbocycles. The van der Waals surface area contributed by atoms with Crippen molar-refractivity contribution < 1.29 is 14.4 Å². The molecule has 3 fully saturated rings. The largest absolute Gasteiger partial charge is 0.340 e. The van der Waals surface area contributed by atoms with E-state index in [4.69, 9.17) is 0 Å². The molecule has 39 heavy (non-hydrogen) atoms. The highest BCUT2D eigenvalue weighted by atomic mass is 16.2. The second-order valence-electron chi connectivity index (χ2n) is 11.4. The van der Waals surface area contributed by atoms with E-state index in [1.807, 2.05) is 29.2 Å². The predicted molar refractivity (Wildman–Crippen MR) is 150 cm³/mol. The van der Waals surface area contributed by atoms with Crippen LogP contribution >= 0.6 is 0 Å². The van der Waals surface area contributed by atoms with Crippen LogP contribution in [0.15, 0.2) is 36.5 Å². The molecule has 5 rings (SSSR count). The number of hydrogen-bond donors (Lipinski definition) is 2. The smallest absolute Gasteiger partial charge is 0.270 e. The van der Waals surface area contributed by atoms with Crippen LogP contribution in [0.25, 0.3) is 0 Å². The molecule has 1 aliphatic carbocycles. The van der Waals surface area contributed by atoms with Crippen LogP contribution < -0.4 is 10.6 Å². The monoisotopic (exact) mass is 534 g/mol. The van der Waals surface area contributed by atoms with Gasteiger partial charge in [-0.2, -0.15) is 5.10 Å². The second kappa shape index (κ2) is 12.8. The van der Waals surface area contributed by atoms with Gasteiger partial charge in [-0.3, -0.25) is 24.0 Å². The Labute approximate surface area is 231 Å². The van der Waals surface area contributed by atoms with Crippen molar-refractivity contribution >= 4 is 23.4 Å². The number of fused-ring (bicyclic) bond motifs is 1. The van der Waals surface area contributed by atoms with Gasteiger partial charge in [-0.1, -0.05) is 37.8 Å². The van der Waals surface area contributed by atoms with E-state index in [9.17, 15) is 14.4 Å². The number of carbonyl (C=O) groups is 3. The zero-order valence-electron chi connectivity index (χ0n) is 23.1. The summed E-state index contributed by atoms with van der Waals surface area (Å²) in [6.45, 7) is 3.87. The van der Waals surface area contributed by atoms with Crippen LogP contribution in [0.3, 0.4) is 0 Å². The number of carbonyl (C=O) groups excluding carboxylic acids is 3. The van der Waals surface area contributed by atoms with Gasteiger partial charge in [0.15, 0.2) is 0 Å². The molecule has 2 atom stereocenters. The predicted octanol–water partition coefficient (Wildman–Crippen LogP) is 3.37. The molecular formula is C30H42N6O3. The number of aryl methyl sites for hydroxylation is 2. The van der Waals surface area contributed by atoms with Gasteiger partial charge >= 0.3 is 0 Å². The Morgan fingerprint density at radius 1 is 0.949 bits per heavy atom. The van der Waals surface area contributed by atoms with Gasteiger partial charge in [-0.25, -0.2) is 0 Å². The summed E-state index contributed by atoms with van der Waals surface area (Å²) in [6, 6.07) is 9.32. The van der Waals surface area contributed by atoms with Gasteiger partial charge < -0.3 is 15.5 Å². The molecule has 2 saturated heterocycles. The minimum atomic E-state index is -0.602. The van der Waals surface area contributed by atoms with E-state index in [1.54, 1.807) is 19.3 Å². The first-order valence-electron chi connectivity index (χ1n) is 14.7. The van der Waals surface area contributed by atoms with Crippen molar-refractivity contribution in [2.75, 3.05) is 31.5 Å². The van der Waals surface area contributed by atoms with Crippen LogP contribution in [-0.4, -0.2) is 75.6 Å². The number of anilines is 1. The molecule has 3 aliphatic rings. The Kier molecular flexibility index (Phi) is 8.96. The standard InChI is InChI=1S/C30H42N6O3/c1-34-26(16-17-31-34)29(38)33-28(23-7-3-2-4-8-23)30(39)32-24-13-10-22(11-14-24)12-15-27(37)36-20-19-35-18-6-5-9-25(35)21-36/h10-11,13-14,16-17,23,25,28H,2-9,12,15,18-21H2,1H3,(H,32,39)(H,33,38)/t25-,28-/m0/s1. The minimum absolute atomic E-state index is 0.108. The summed E-state index contributed by atoms with van der Waals surface area (Å²) in [5, 5.41) is 10.1. The van der Waals surface area contributed by atoms with Gasteiger partial charge in [-0.05, 0) is 68.3 Å². The van der Waals surface area contributed by atoms with Gasteiger partial charge in [-0.15, -0.1) is 0 Å². The lowest BCUT2D eigenvalue weighted by Crippen LogP contribution is -2.56. The van der Waals surface area contributed by atoms with E-state index in [1.165, 1.54) is 36.9 Å². The molecule has 0 bridgehead atoms. The van der Waals surface area contributed by atoms with Crippen molar-refractivity contribution in [2.45, 2.75) is 76.3 Å². The van der Waals surface area contributed by atoms with E-state index in [0.29, 0.717) is 30.3 Å². The van der Waals surface area contributed by atoms with Gasteiger partial charge in [0, 0.05) is 51.0 Å². The highest BCUT2D eigenvalue weighted by molar-refractivity contribution is 6.00. The number of benzene rings is 1. The van der Waals surface area contributed by atoms with E-state index >= 15 is 0 Å². The third kappa shape index (κ3) is 6.87. The summed E-state index contributed by atoms with van der Waals surface area (Å²) in [5.74, 6) is -0.137. The lowest BCUT2D eigenvalue weighted by molar-refractivity contribution is -0.134. The highest BCUT2D eigenvalue weighted by Crippen LogP contribution is 2.28. The third-order valence-electron chi connectivity index (χ3n) is 8.78. The fraction of sp³-hybridized carbons (Fsp3) is 0.600. The van der Waals surface area contributed by atoms with Crippen LogP contribution in [0.2, 0.25) is 0 Å². The van der Waals surface area contributed by atoms with E-state index in [0.717, 1.165) is 50.9 Å². The number of piperidine rings is 1. The molecule has 210 valence electrons. The van der Waals surface area contributed by atoms with Crippen LogP contribution in [0, 0.1) is 5.92 Å². The maximum Gasteiger partial charge on any atom is 0.270 e. The average molecular weight is 535 g/mol. The number of rotatable bonds is 8. The van der Waals surface area contributed by atoms with Crippen LogP contribution in [0.5, 0.6) is 0 Å². The third-order valence-corrected chi connectivity index (χ3v) is 8.78. The molecule has 1 aromatic heterocycles. The van der Waals surface area contributed by atoms with Crippen molar-refractivity contribution in [3.8, 4) is 0 Å². The quantitative estimate of drug-likeness (QED) is 0.541. The van der Waals surface area contributed by atoms with E-state index in [2.05, 4.69) is 20.6 Å². The van der Waals surface area contributed by atoms with Crippen molar-refractivity contribution in [1.82, 2.24) is 24.9 Å². The van der Waals surface area contributed by atoms with Crippen molar-refractivity contribution in [3.05, 3.63) is 47.8 Å². The van der Waals surface area contributed by atoms with Crippen molar-refractivity contribution in [1.29, 1.82) is 0 Å². The molecule has 3 heterocycles.